The second-order valence-corrected chi connectivity index (χ2v) is 5.37. The second-order valence-electron chi connectivity index (χ2n) is 3.63. The molecule has 6 nitrogen and oxygen atoms in total. The van der Waals surface area contributed by atoms with E-state index in [1.54, 1.807) is 18.2 Å². The lowest BCUT2D eigenvalue weighted by Gasteiger charge is -2.09. The van der Waals surface area contributed by atoms with Gasteiger partial charge in [-0.05, 0) is 11.6 Å². The van der Waals surface area contributed by atoms with Gasteiger partial charge in [-0.25, -0.2) is 13.1 Å². The Bertz CT molecular complexity index is 514. The number of amides is 1. The van der Waals surface area contributed by atoms with Gasteiger partial charge in [0.05, 0.1) is 4.90 Å². The minimum absolute atomic E-state index is 0.0565. The van der Waals surface area contributed by atoms with Crippen molar-refractivity contribution in [3.8, 4) is 0 Å². The van der Waals surface area contributed by atoms with E-state index >= 15 is 0 Å². The van der Waals surface area contributed by atoms with Crippen LogP contribution >= 0.6 is 0 Å². The minimum atomic E-state index is -3.62. The van der Waals surface area contributed by atoms with Crippen molar-refractivity contribution in [2.45, 2.75) is 17.9 Å². The average Bonchev–Trinajstić information content (AvgIpc) is 2.38. The highest BCUT2D eigenvalue weighted by Crippen LogP contribution is 2.14. The average molecular weight is 271 g/mol. The Morgan fingerprint density at radius 3 is 2.61 bits per heavy atom. The largest absolute Gasteiger partial charge is 0.359 e. The smallest absolute Gasteiger partial charge is 0.240 e. The molecule has 0 unspecified atom stereocenters. The Morgan fingerprint density at radius 2 is 2.00 bits per heavy atom. The lowest BCUT2D eigenvalue weighted by molar-refractivity contribution is -0.120. The van der Waals surface area contributed by atoms with Crippen molar-refractivity contribution in [2.75, 3.05) is 13.6 Å². The lowest BCUT2D eigenvalue weighted by Crippen LogP contribution is -2.30. The summed E-state index contributed by atoms with van der Waals surface area (Å²) in [7, 11) is -2.12. The van der Waals surface area contributed by atoms with Crippen LogP contribution in [0.25, 0.3) is 0 Å². The molecule has 1 amide bonds. The molecule has 0 radical (unpaired) electrons. The highest BCUT2D eigenvalue weighted by Gasteiger charge is 2.16. The lowest BCUT2D eigenvalue weighted by atomic mass is 10.2. The molecule has 0 aliphatic heterocycles. The first-order chi connectivity index (χ1) is 8.51. The number of nitrogens with one attached hydrogen (secondary N) is 2. The Kier molecular flexibility index (Phi) is 5.26. The summed E-state index contributed by atoms with van der Waals surface area (Å²) in [6, 6.07) is 6.51. The molecule has 0 heterocycles. The third-order valence-corrected chi connectivity index (χ3v) is 3.97. The molecule has 0 aromatic heterocycles. The van der Waals surface area contributed by atoms with E-state index in [1.165, 1.54) is 13.1 Å². The van der Waals surface area contributed by atoms with Crippen molar-refractivity contribution in [3.05, 3.63) is 29.8 Å². The molecule has 100 valence electrons. The van der Waals surface area contributed by atoms with Crippen LogP contribution < -0.4 is 15.8 Å². The van der Waals surface area contributed by atoms with Crippen LogP contribution in [-0.2, 0) is 21.4 Å². The van der Waals surface area contributed by atoms with Gasteiger partial charge in [-0.3, -0.25) is 4.79 Å². The van der Waals surface area contributed by atoms with E-state index in [1.807, 2.05) is 0 Å². The maximum Gasteiger partial charge on any atom is 0.240 e. The van der Waals surface area contributed by atoms with Gasteiger partial charge in [0.25, 0.3) is 0 Å². The van der Waals surface area contributed by atoms with Crippen molar-refractivity contribution in [1.29, 1.82) is 0 Å². The number of hydrogen-bond acceptors (Lipinski definition) is 4. The number of nitrogens with two attached hydrogens (primary N) is 1. The zero-order chi connectivity index (χ0) is 13.6. The van der Waals surface area contributed by atoms with Crippen LogP contribution in [0, 0.1) is 0 Å². The SMILES string of the molecule is CNC(=O)CCNS(=O)(=O)c1ccccc1CN. The molecule has 1 rings (SSSR count). The number of carbonyl (C=O) groups excluding carboxylic acids is 1. The Morgan fingerprint density at radius 1 is 1.33 bits per heavy atom. The van der Waals surface area contributed by atoms with Gasteiger partial charge in [-0.2, -0.15) is 0 Å². The first kappa shape index (κ1) is 14.6. The van der Waals surface area contributed by atoms with Gasteiger partial charge in [0.2, 0.25) is 15.9 Å². The molecule has 0 spiro atoms. The minimum Gasteiger partial charge on any atom is -0.359 e. The molecule has 7 heteroatoms. The summed E-state index contributed by atoms with van der Waals surface area (Å²) in [6.07, 6.45) is 0.0977. The molecular weight excluding hydrogens is 254 g/mol. The van der Waals surface area contributed by atoms with Gasteiger partial charge in [0.15, 0.2) is 0 Å². The van der Waals surface area contributed by atoms with E-state index in [0.29, 0.717) is 5.56 Å². The van der Waals surface area contributed by atoms with E-state index in [0.717, 1.165) is 0 Å². The van der Waals surface area contributed by atoms with Crippen molar-refractivity contribution >= 4 is 15.9 Å². The molecule has 0 atom stereocenters. The Labute approximate surface area is 107 Å². The van der Waals surface area contributed by atoms with Crippen LogP contribution in [0.2, 0.25) is 0 Å². The fourth-order valence-corrected chi connectivity index (χ4v) is 2.72. The van der Waals surface area contributed by atoms with Crippen molar-refractivity contribution in [2.24, 2.45) is 5.73 Å². The maximum atomic E-state index is 12.0. The summed E-state index contributed by atoms with van der Waals surface area (Å²) in [6.45, 7) is 0.202. The van der Waals surface area contributed by atoms with E-state index in [-0.39, 0.29) is 30.3 Å². The van der Waals surface area contributed by atoms with E-state index in [9.17, 15) is 13.2 Å². The Hall–Kier alpha value is -1.44. The standard InChI is InChI=1S/C11H17N3O3S/c1-13-11(15)6-7-14-18(16,17)10-5-3-2-4-9(10)8-12/h2-5,14H,6-8,12H2,1H3,(H,13,15). The third-order valence-electron chi connectivity index (χ3n) is 2.41. The summed E-state index contributed by atoms with van der Waals surface area (Å²) in [5.41, 5.74) is 6.04. The number of benzene rings is 1. The summed E-state index contributed by atoms with van der Waals surface area (Å²) in [5.74, 6) is -0.218. The number of carbonyl (C=O) groups is 1. The van der Waals surface area contributed by atoms with E-state index in [2.05, 4.69) is 10.0 Å². The number of sulfonamides is 1. The van der Waals surface area contributed by atoms with Crippen LogP contribution in [0.5, 0.6) is 0 Å². The van der Waals surface area contributed by atoms with Crippen molar-refractivity contribution < 1.29 is 13.2 Å². The zero-order valence-corrected chi connectivity index (χ0v) is 11.0. The predicted molar refractivity (Wildman–Crippen MR) is 68.2 cm³/mol. The van der Waals surface area contributed by atoms with Crippen LogP contribution in [-0.4, -0.2) is 27.9 Å². The zero-order valence-electron chi connectivity index (χ0n) is 10.1. The monoisotopic (exact) mass is 271 g/mol. The molecule has 4 N–H and O–H groups in total. The van der Waals surface area contributed by atoms with Gasteiger partial charge in [0, 0.05) is 26.6 Å². The summed E-state index contributed by atoms with van der Waals surface area (Å²) in [4.78, 5) is 11.1. The fourth-order valence-electron chi connectivity index (χ4n) is 1.44. The number of rotatable bonds is 6. The van der Waals surface area contributed by atoms with Crippen LogP contribution in [0.4, 0.5) is 0 Å². The van der Waals surface area contributed by atoms with Crippen molar-refractivity contribution in [1.82, 2.24) is 10.0 Å². The highest BCUT2D eigenvalue weighted by atomic mass is 32.2. The van der Waals surface area contributed by atoms with Gasteiger partial charge >= 0.3 is 0 Å². The van der Waals surface area contributed by atoms with Crippen LogP contribution in [0.3, 0.4) is 0 Å². The molecule has 0 aliphatic rings. The molecule has 0 saturated carbocycles. The predicted octanol–water partition coefficient (Wildman–Crippen LogP) is -0.440. The first-order valence-corrected chi connectivity index (χ1v) is 6.98. The summed E-state index contributed by atoms with van der Waals surface area (Å²) in [5, 5.41) is 2.42. The van der Waals surface area contributed by atoms with Gasteiger partial charge in [-0.1, -0.05) is 18.2 Å². The quantitative estimate of drug-likeness (QED) is 0.653. The molecule has 0 bridgehead atoms. The maximum absolute atomic E-state index is 12.0. The van der Waals surface area contributed by atoms with Gasteiger partial charge in [0.1, 0.15) is 0 Å². The van der Waals surface area contributed by atoms with Crippen LogP contribution in [0.1, 0.15) is 12.0 Å². The Balaban J connectivity index is 2.77. The molecule has 0 fully saturated rings. The summed E-state index contributed by atoms with van der Waals surface area (Å²) >= 11 is 0. The third kappa shape index (κ3) is 3.80. The molecule has 1 aromatic carbocycles. The molecule has 0 aliphatic carbocycles. The molecule has 18 heavy (non-hydrogen) atoms. The highest BCUT2D eigenvalue weighted by molar-refractivity contribution is 7.89. The fraction of sp³-hybridized carbons (Fsp3) is 0.364. The molecular formula is C11H17N3O3S. The van der Waals surface area contributed by atoms with E-state index in [4.69, 9.17) is 5.73 Å². The molecule has 1 aromatic rings. The topological polar surface area (TPSA) is 101 Å². The normalized spacial score (nSPS) is 11.2. The molecule has 0 saturated heterocycles. The van der Waals surface area contributed by atoms with Crippen molar-refractivity contribution in [3.63, 3.8) is 0 Å². The second kappa shape index (κ2) is 6.48. The number of hydrogen-bond donors (Lipinski definition) is 3. The van der Waals surface area contributed by atoms with Crippen LogP contribution in [0.15, 0.2) is 29.2 Å². The summed E-state index contributed by atoms with van der Waals surface area (Å²) < 4.78 is 26.3. The first-order valence-electron chi connectivity index (χ1n) is 5.49. The van der Waals surface area contributed by atoms with E-state index < -0.39 is 10.0 Å². The van der Waals surface area contributed by atoms with Gasteiger partial charge in [-0.15, -0.1) is 0 Å². The van der Waals surface area contributed by atoms with Gasteiger partial charge < -0.3 is 11.1 Å².